The standard InChI is InChI=1S/C20H29N5O2S/c1-15(2)25-11-17(22-14-25)16-10-23(12-18-21-5-9-28-18)13-20(16)4-6-24(19(20)26)7-8-27-3/h5,9,11,14-16H,4,6-8,10,12-13H2,1-3H3/t16-,20-/m0/s1. The number of ether oxygens (including phenoxy) is 1. The molecule has 0 radical (unpaired) electrons. The van der Waals surface area contributed by atoms with Gasteiger partial charge in [0.05, 0.1) is 30.6 Å². The molecule has 28 heavy (non-hydrogen) atoms. The summed E-state index contributed by atoms with van der Waals surface area (Å²) in [5, 5.41) is 3.11. The highest BCUT2D eigenvalue weighted by atomic mass is 32.1. The van der Waals surface area contributed by atoms with Gasteiger partial charge in [-0.2, -0.15) is 0 Å². The number of carbonyl (C=O) groups excluding carboxylic acids is 1. The van der Waals surface area contributed by atoms with Crippen LogP contribution in [0.1, 0.15) is 42.9 Å². The molecule has 8 heteroatoms. The van der Waals surface area contributed by atoms with Gasteiger partial charge >= 0.3 is 0 Å². The molecule has 4 heterocycles. The van der Waals surface area contributed by atoms with Gasteiger partial charge in [-0.25, -0.2) is 9.97 Å². The Morgan fingerprint density at radius 2 is 2.25 bits per heavy atom. The molecule has 7 nitrogen and oxygen atoms in total. The average molecular weight is 404 g/mol. The Bertz CT molecular complexity index is 805. The Balaban J connectivity index is 1.61. The van der Waals surface area contributed by atoms with Crippen molar-refractivity contribution in [1.29, 1.82) is 0 Å². The fraction of sp³-hybridized carbons (Fsp3) is 0.650. The van der Waals surface area contributed by atoms with Crippen LogP contribution in [0.5, 0.6) is 0 Å². The van der Waals surface area contributed by atoms with Gasteiger partial charge in [0, 0.05) is 63.0 Å². The van der Waals surface area contributed by atoms with Crippen LogP contribution in [-0.2, 0) is 16.1 Å². The molecule has 0 aromatic carbocycles. The molecule has 2 aromatic rings. The zero-order chi connectivity index (χ0) is 19.7. The molecule has 2 aromatic heterocycles. The van der Waals surface area contributed by atoms with Crippen molar-refractivity contribution in [1.82, 2.24) is 24.3 Å². The number of hydrogen-bond acceptors (Lipinski definition) is 6. The van der Waals surface area contributed by atoms with Gasteiger partial charge < -0.3 is 14.2 Å². The van der Waals surface area contributed by atoms with E-state index in [1.165, 1.54) is 0 Å². The predicted molar refractivity (Wildman–Crippen MR) is 108 cm³/mol. The van der Waals surface area contributed by atoms with E-state index in [1.807, 2.05) is 22.8 Å². The van der Waals surface area contributed by atoms with Crippen LogP contribution in [0.25, 0.3) is 0 Å². The van der Waals surface area contributed by atoms with Crippen molar-refractivity contribution in [2.24, 2.45) is 5.41 Å². The zero-order valence-corrected chi connectivity index (χ0v) is 17.7. The monoisotopic (exact) mass is 403 g/mol. The third-order valence-corrected chi connectivity index (χ3v) is 6.90. The van der Waals surface area contributed by atoms with Crippen LogP contribution in [0.15, 0.2) is 24.1 Å². The topological polar surface area (TPSA) is 63.5 Å². The number of rotatable bonds is 7. The second kappa shape index (κ2) is 7.93. The van der Waals surface area contributed by atoms with E-state index in [4.69, 9.17) is 9.72 Å². The minimum atomic E-state index is -0.388. The average Bonchev–Trinajstić information content (AvgIpc) is 3.44. The first-order valence-corrected chi connectivity index (χ1v) is 10.8. The fourth-order valence-corrected chi connectivity index (χ4v) is 5.24. The quantitative estimate of drug-likeness (QED) is 0.710. The molecule has 1 spiro atoms. The molecule has 2 aliphatic rings. The van der Waals surface area contributed by atoms with Crippen LogP contribution >= 0.6 is 11.3 Å². The highest BCUT2D eigenvalue weighted by Crippen LogP contribution is 2.49. The first-order valence-electron chi connectivity index (χ1n) is 9.96. The molecule has 2 aliphatic heterocycles. The number of carbonyl (C=O) groups is 1. The summed E-state index contributed by atoms with van der Waals surface area (Å²) in [5.74, 6) is 0.378. The third-order valence-electron chi connectivity index (χ3n) is 6.14. The molecule has 0 saturated carbocycles. The largest absolute Gasteiger partial charge is 0.383 e. The summed E-state index contributed by atoms with van der Waals surface area (Å²) in [7, 11) is 1.68. The van der Waals surface area contributed by atoms with E-state index in [1.54, 1.807) is 18.4 Å². The first-order chi connectivity index (χ1) is 13.5. The lowest BCUT2D eigenvalue weighted by atomic mass is 9.75. The van der Waals surface area contributed by atoms with E-state index in [-0.39, 0.29) is 17.2 Å². The summed E-state index contributed by atoms with van der Waals surface area (Å²) in [5.41, 5.74) is 0.651. The number of amides is 1. The van der Waals surface area contributed by atoms with Gasteiger partial charge in [0.15, 0.2) is 0 Å². The van der Waals surface area contributed by atoms with Crippen molar-refractivity contribution in [2.75, 3.05) is 39.9 Å². The first kappa shape index (κ1) is 19.5. The van der Waals surface area contributed by atoms with Gasteiger partial charge in [0.25, 0.3) is 0 Å². The highest BCUT2D eigenvalue weighted by molar-refractivity contribution is 7.09. The number of aromatic nitrogens is 3. The number of thiazole rings is 1. The van der Waals surface area contributed by atoms with Crippen molar-refractivity contribution in [3.05, 3.63) is 34.8 Å². The van der Waals surface area contributed by atoms with Gasteiger partial charge in [0.1, 0.15) is 5.01 Å². The summed E-state index contributed by atoms with van der Waals surface area (Å²) in [6.07, 6.45) is 6.76. The Morgan fingerprint density at radius 3 is 2.93 bits per heavy atom. The van der Waals surface area contributed by atoms with Gasteiger partial charge in [0.2, 0.25) is 5.91 Å². The van der Waals surface area contributed by atoms with Gasteiger partial charge in [-0.1, -0.05) is 0 Å². The molecule has 2 fully saturated rings. The van der Waals surface area contributed by atoms with E-state index in [2.05, 4.69) is 34.5 Å². The molecular formula is C20H29N5O2S. The molecule has 2 saturated heterocycles. The van der Waals surface area contributed by atoms with E-state index < -0.39 is 0 Å². The minimum Gasteiger partial charge on any atom is -0.383 e. The maximum absolute atomic E-state index is 13.5. The third kappa shape index (κ3) is 3.49. The van der Waals surface area contributed by atoms with Crippen molar-refractivity contribution < 1.29 is 9.53 Å². The van der Waals surface area contributed by atoms with Crippen molar-refractivity contribution >= 4 is 17.2 Å². The van der Waals surface area contributed by atoms with E-state index in [0.29, 0.717) is 19.2 Å². The Hall–Kier alpha value is -1.77. The van der Waals surface area contributed by atoms with Crippen LogP contribution in [0.2, 0.25) is 0 Å². The normalized spacial score (nSPS) is 25.6. The summed E-state index contributed by atoms with van der Waals surface area (Å²) in [6.45, 7) is 8.76. The molecule has 0 bridgehead atoms. The lowest BCUT2D eigenvalue weighted by Crippen LogP contribution is -2.40. The fourth-order valence-electron chi connectivity index (χ4n) is 4.58. The molecule has 4 rings (SSSR count). The van der Waals surface area contributed by atoms with E-state index >= 15 is 0 Å². The van der Waals surface area contributed by atoms with Crippen molar-refractivity contribution in [3.63, 3.8) is 0 Å². The summed E-state index contributed by atoms with van der Waals surface area (Å²) < 4.78 is 7.34. The smallest absolute Gasteiger partial charge is 0.230 e. The highest BCUT2D eigenvalue weighted by Gasteiger charge is 2.57. The predicted octanol–water partition coefficient (Wildman–Crippen LogP) is 2.38. The second-order valence-electron chi connectivity index (χ2n) is 8.18. The van der Waals surface area contributed by atoms with Crippen molar-refractivity contribution in [2.45, 2.75) is 38.8 Å². The van der Waals surface area contributed by atoms with Gasteiger partial charge in [-0.3, -0.25) is 9.69 Å². The molecule has 0 unspecified atom stereocenters. The molecular weight excluding hydrogens is 374 g/mol. The molecule has 2 atom stereocenters. The van der Waals surface area contributed by atoms with E-state index in [0.717, 1.165) is 43.3 Å². The number of hydrogen-bond donors (Lipinski definition) is 0. The number of likely N-dealkylation sites (tertiary alicyclic amines) is 2. The van der Waals surface area contributed by atoms with Gasteiger partial charge in [-0.05, 0) is 20.3 Å². The molecule has 152 valence electrons. The van der Waals surface area contributed by atoms with Crippen LogP contribution in [-0.4, -0.2) is 70.1 Å². The Kier molecular flexibility index (Phi) is 5.53. The molecule has 0 N–H and O–H groups in total. The van der Waals surface area contributed by atoms with Crippen LogP contribution in [0.3, 0.4) is 0 Å². The minimum absolute atomic E-state index is 0.118. The number of methoxy groups -OCH3 is 1. The van der Waals surface area contributed by atoms with Gasteiger partial charge in [-0.15, -0.1) is 11.3 Å². The zero-order valence-electron chi connectivity index (χ0n) is 16.9. The van der Waals surface area contributed by atoms with Crippen LogP contribution < -0.4 is 0 Å². The molecule has 0 aliphatic carbocycles. The number of imidazole rings is 1. The summed E-state index contributed by atoms with van der Waals surface area (Å²) in [4.78, 5) is 27.0. The lowest BCUT2D eigenvalue weighted by Gasteiger charge is -2.28. The Labute approximate surface area is 170 Å². The SMILES string of the molecule is COCCN1CC[C@@]2(CN(Cc3nccs3)C[C@H]2c2cn(C(C)C)cn2)C1=O. The van der Waals surface area contributed by atoms with Crippen molar-refractivity contribution in [3.8, 4) is 0 Å². The summed E-state index contributed by atoms with van der Waals surface area (Å²) in [6, 6.07) is 0.363. The van der Waals surface area contributed by atoms with Crippen LogP contribution in [0, 0.1) is 5.41 Å². The maximum Gasteiger partial charge on any atom is 0.230 e. The summed E-state index contributed by atoms with van der Waals surface area (Å²) >= 11 is 1.67. The number of nitrogens with zero attached hydrogens (tertiary/aromatic N) is 5. The molecule has 1 amide bonds. The van der Waals surface area contributed by atoms with E-state index in [9.17, 15) is 4.79 Å². The van der Waals surface area contributed by atoms with Crippen LogP contribution in [0.4, 0.5) is 0 Å². The lowest BCUT2D eigenvalue weighted by molar-refractivity contribution is -0.136. The Morgan fingerprint density at radius 1 is 1.39 bits per heavy atom. The second-order valence-corrected chi connectivity index (χ2v) is 9.16. The maximum atomic E-state index is 13.5.